The van der Waals surface area contributed by atoms with Gasteiger partial charge in [-0.3, -0.25) is 4.79 Å². The molecular weight excluding hydrogens is 502 g/mol. The van der Waals surface area contributed by atoms with E-state index in [1.165, 1.54) is 18.2 Å². The van der Waals surface area contributed by atoms with Crippen molar-refractivity contribution < 1.29 is 17.9 Å². The van der Waals surface area contributed by atoms with Crippen LogP contribution < -0.4 is 20.1 Å². The van der Waals surface area contributed by atoms with Crippen molar-refractivity contribution in [2.24, 2.45) is 5.41 Å². The summed E-state index contributed by atoms with van der Waals surface area (Å²) >= 11 is 0. The number of pyridine rings is 2. The Hall–Kier alpha value is -3.66. The van der Waals surface area contributed by atoms with Crippen molar-refractivity contribution in [3.63, 3.8) is 0 Å². The van der Waals surface area contributed by atoms with Crippen LogP contribution in [0.15, 0.2) is 59.6 Å². The first-order chi connectivity index (χ1) is 17.8. The lowest BCUT2D eigenvalue weighted by Gasteiger charge is -2.36. The van der Waals surface area contributed by atoms with E-state index in [0.29, 0.717) is 23.9 Å². The average Bonchev–Trinajstić information content (AvgIpc) is 3.34. The molecule has 0 aliphatic carbocycles. The van der Waals surface area contributed by atoms with E-state index in [1.807, 2.05) is 19.9 Å². The van der Waals surface area contributed by atoms with Gasteiger partial charge >= 0.3 is 0 Å². The number of nitrogens with one attached hydrogen (secondary N) is 1. The zero-order valence-corrected chi connectivity index (χ0v) is 23.2. The predicted molar refractivity (Wildman–Crippen MR) is 149 cm³/mol. The number of hydrogen-bond acceptors (Lipinski definition) is 8. The molecule has 38 heavy (non-hydrogen) atoms. The van der Waals surface area contributed by atoms with Gasteiger partial charge in [0.1, 0.15) is 5.82 Å². The molecule has 2 aromatic heterocycles. The topological polar surface area (TPSA) is 128 Å². The second kappa shape index (κ2) is 10.6. The SMILES string of the molecule is CC(C)Oc1ccc(-c2ccc(C(=O)NS(=O)(=O)c3cccc(N)c3)c(N3CCCC3C(C)(C)C)n2)cn1. The quantitative estimate of drug-likeness (QED) is 0.417. The molecule has 0 spiro atoms. The Balaban J connectivity index is 1.74. The third kappa shape index (κ3) is 6.07. The maximum Gasteiger partial charge on any atom is 0.268 e. The Morgan fingerprint density at radius 3 is 2.55 bits per heavy atom. The molecule has 3 heterocycles. The minimum absolute atomic E-state index is 0.00368. The van der Waals surface area contributed by atoms with E-state index < -0.39 is 15.9 Å². The van der Waals surface area contributed by atoms with Crippen molar-refractivity contribution in [1.82, 2.24) is 14.7 Å². The number of nitrogens with zero attached hydrogens (tertiary/aromatic N) is 3. The number of rotatable bonds is 7. The van der Waals surface area contributed by atoms with Crippen LogP contribution in [0.2, 0.25) is 0 Å². The third-order valence-corrected chi connectivity index (χ3v) is 7.76. The highest BCUT2D eigenvalue weighted by Gasteiger charge is 2.37. The van der Waals surface area contributed by atoms with Crippen LogP contribution in [0.5, 0.6) is 5.88 Å². The number of hydrogen-bond donors (Lipinski definition) is 2. The molecule has 3 N–H and O–H groups in total. The summed E-state index contributed by atoms with van der Waals surface area (Å²) in [6.07, 6.45) is 3.57. The molecule has 9 nitrogen and oxygen atoms in total. The van der Waals surface area contributed by atoms with Crippen LogP contribution in [0.4, 0.5) is 11.5 Å². The molecule has 10 heteroatoms. The second-order valence-corrected chi connectivity index (χ2v) is 12.5. The summed E-state index contributed by atoms with van der Waals surface area (Å²) in [6.45, 7) is 11.0. The summed E-state index contributed by atoms with van der Waals surface area (Å²) in [7, 11) is -4.14. The highest BCUT2D eigenvalue weighted by molar-refractivity contribution is 7.90. The number of nitrogens with two attached hydrogens (primary N) is 1. The van der Waals surface area contributed by atoms with Gasteiger partial charge in [-0.25, -0.2) is 23.1 Å². The van der Waals surface area contributed by atoms with E-state index >= 15 is 0 Å². The highest BCUT2D eigenvalue weighted by Crippen LogP contribution is 2.37. The number of carbonyl (C=O) groups excluding carboxylic acids is 1. The van der Waals surface area contributed by atoms with Crippen molar-refractivity contribution in [2.45, 2.75) is 64.5 Å². The van der Waals surface area contributed by atoms with Gasteiger partial charge in [0.2, 0.25) is 5.88 Å². The standard InChI is InChI=1S/C28H35N5O4S/c1-18(2)37-25-14-11-19(17-30-25)23-13-12-22(26(31-23)33-15-7-10-24(33)28(3,4)5)27(34)32-38(35,36)21-9-6-8-20(29)16-21/h6,8-9,11-14,16-18,24H,7,10,15,29H2,1-5H3,(H,32,34). The van der Waals surface area contributed by atoms with Crippen LogP contribution in [0.25, 0.3) is 11.3 Å². The first-order valence-electron chi connectivity index (χ1n) is 12.7. The van der Waals surface area contributed by atoms with E-state index in [1.54, 1.807) is 30.5 Å². The van der Waals surface area contributed by atoms with Crippen LogP contribution in [-0.4, -0.2) is 43.0 Å². The van der Waals surface area contributed by atoms with Crippen LogP contribution in [0.3, 0.4) is 0 Å². The first-order valence-corrected chi connectivity index (χ1v) is 14.2. The molecule has 0 saturated carbocycles. The molecule has 1 aliphatic rings. The predicted octanol–water partition coefficient (Wildman–Crippen LogP) is 4.65. The summed E-state index contributed by atoms with van der Waals surface area (Å²) in [6, 6.07) is 12.9. The summed E-state index contributed by atoms with van der Waals surface area (Å²) in [5.41, 5.74) is 7.54. The first kappa shape index (κ1) is 27.4. The Bertz CT molecular complexity index is 1420. The molecule has 1 fully saturated rings. The molecule has 4 rings (SSSR count). The van der Waals surface area contributed by atoms with E-state index in [-0.39, 0.29) is 33.7 Å². The zero-order chi connectivity index (χ0) is 27.7. The largest absolute Gasteiger partial charge is 0.475 e. The van der Waals surface area contributed by atoms with Crippen molar-refractivity contribution in [3.8, 4) is 17.1 Å². The summed E-state index contributed by atoms with van der Waals surface area (Å²) < 4.78 is 33.8. The Labute approximate surface area is 224 Å². The minimum atomic E-state index is -4.14. The lowest BCUT2D eigenvalue weighted by atomic mass is 9.85. The van der Waals surface area contributed by atoms with Gasteiger partial charge in [0.05, 0.1) is 22.3 Å². The fourth-order valence-electron chi connectivity index (χ4n) is 4.69. The summed E-state index contributed by atoms with van der Waals surface area (Å²) in [4.78, 5) is 24.7. The van der Waals surface area contributed by atoms with Crippen molar-refractivity contribution in [3.05, 3.63) is 60.3 Å². The van der Waals surface area contributed by atoms with Crippen LogP contribution in [0.1, 0.15) is 57.8 Å². The number of amides is 1. The van der Waals surface area contributed by atoms with E-state index in [9.17, 15) is 13.2 Å². The van der Waals surface area contributed by atoms with Gasteiger partial charge in [-0.2, -0.15) is 0 Å². The Morgan fingerprint density at radius 2 is 1.92 bits per heavy atom. The molecule has 1 aromatic carbocycles. The van der Waals surface area contributed by atoms with E-state index in [4.69, 9.17) is 15.5 Å². The molecular formula is C28H35N5O4S. The van der Waals surface area contributed by atoms with Crippen molar-refractivity contribution >= 4 is 27.4 Å². The van der Waals surface area contributed by atoms with Crippen molar-refractivity contribution in [1.29, 1.82) is 0 Å². The number of carbonyl (C=O) groups is 1. The lowest BCUT2D eigenvalue weighted by molar-refractivity contribution is 0.0981. The monoisotopic (exact) mass is 537 g/mol. The van der Waals surface area contributed by atoms with Gasteiger partial charge in [-0.1, -0.05) is 26.8 Å². The molecule has 1 atom stereocenters. The highest BCUT2D eigenvalue weighted by atomic mass is 32.2. The molecule has 1 amide bonds. The van der Waals surface area contributed by atoms with Gasteiger partial charge in [-0.05, 0) is 68.5 Å². The van der Waals surface area contributed by atoms with Gasteiger partial charge in [0, 0.05) is 36.1 Å². The number of ether oxygens (including phenoxy) is 1. The van der Waals surface area contributed by atoms with Crippen LogP contribution >= 0.6 is 0 Å². The number of sulfonamides is 1. The molecule has 0 bridgehead atoms. The molecule has 202 valence electrons. The molecule has 0 radical (unpaired) electrons. The summed E-state index contributed by atoms with van der Waals surface area (Å²) in [5, 5.41) is 0. The van der Waals surface area contributed by atoms with E-state index in [0.717, 1.165) is 18.4 Å². The van der Waals surface area contributed by atoms with E-state index in [2.05, 4.69) is 35.4 Å². The normalized spacial score (nSPS) is 16.1. The number of anilines is 2. The Morgan fingerprint density at radius 1 is 1.16 bits per heavy atom. The molecule has 1 saturated heterocycles. The second-order valence-electron chi connectivity index (χ2n) is 10.8. The molecule has 1 unspecified atom stereocenters. The van der Waals surface area contributed by atoms with Gasteiger partial charge in [0.15, 0.2) is 0 Å². The minimum Gasteiger partial charge on any atom is -0.475 e. The van der Waals surface area contributed by atoms with Crippen LogP contribution in [-0.2, 0) is 10.0 Å². The fourth-order valence-corrected chi connectivity index (χ4v) is 5.71. The lowest BCUT2D eigenvalue weighted by Crippen LogP contribution is -2.41. The molecule has 1 aliphatic heterocycles. The number of nitrogen functional groups attached to an aromatic ring is 1. The third-order valence-electron chi connectivity index (χ3n) is 6.43. The smallest absolute Gasteiger partial charge is 0.268 e. The number of aromatic nitrogens is 2. The maximum absolute atomic E-state index is 13.4. The van der Waals surface area contributed by atoms with Gasteiger partial charge in [-0.15, -0.1) is 0 Å². The van der Waals surface area contributed by atoms with Crippen molar-refractivity contribution in [2.75, 3.05) is 17.2 Å². The molecule has 3 aromatic rings. The van der Waals surface area contributed by atoms with Gasteiger partial charge < -0.3 is 15.4 Å². The van der Waals surface area contributed by atoms with Gasteiger partial charge in [0.25, 0.3) is 15.9 Å². The Kier molecular flexibility index (Phi) is 7.64. The van der Waals surface area contributed by atoms with Crippen LogP contribution in [0, 0.1) is 5.41 Å². The average molecular weight is 538 g/mol. The summed E-state index contributed by atoms with van der Waals surface area (Å²) in [5.74, 6) is 0.210. The zero-order valence-electron chi connectivity index (χ0n) is 22.4. The maximum atomic E-state index is 13.4. The number of benzene rings is 1. The fraction of sp³-hybridized carbons (Fsp3) is 0.393.